The zero-order valence-electron chi connectivity index (χ0n) is 20.7. The average Bonchev–Trinajstić information content (AvgIpc) is 2.93. The SMILES string of the molecule is COc1ccc(C#Cc2cc3ccc2CCc2ccc(c(C#Cc4ccc(OC)cc4)c2)CC3)cc1. The fourth-order valence-electron chi connectivity index (χ4n) is 4.41. The van der Waals surface area contributed by atoms with Crippen molar-refractivity contribution in [3.05, 3.63) is 129 Å². The molecule has 0 N–H and O–H groups in total. The second kappa shape index (κ2) is 10.9. The Balaban J connectivity index is 1.41. The molecule has 0 saturated heterocycles. The van der Waals surface area contributed by atoms with Gasteiger partial charge in [-0.3, -0.25) is 0 Å². The van der Waals surface area contributed by atoms with Crippen LogP contribution in [-0.4, -0.2) is 14.2 Å². The van der Waals surface area contributed by atoms with Crippen LogP contribution in [0.5, 0.6) is 11.5 Å². The van der Waals surface area contributed by atoms with E-state index in [1.807, 2.05) is 48.5 Å². The molecule has 0 aliphatic heterocycles. The summed E-state index contributed by atoms with van der Waals surface area (Å²) in [5.74, 6) is 15.2. The number of rotatable bonds is 2. The van der Waals surface area contributed by atoms with Gasteiger partial charge in [0.05, 0.1) is 14.2 Å². The summed E-state index contributed by atoms with van der Waals surface area (Å²) in [6, 6.07) is 29.4. The van der Waals surface area contributed by atoms with Gasteiger partial charge in [-0.05, 0) is 109 Å². The number of methoxy groups -OCH3 is 2. The van der Waals surface area contributed by atoms with Crippen LogP contribution in [0, 0.1) is 23.7 Å². The number of hydrogen-bond acceptors (Lipinski definition) is 2. The van der Waals surface area contributed by atoms with E-state index in [4.69, 9.17) is 9.47 Å². The molecule has 0 aromatic heterocycles. The molecule has 36 heavy (non-hydrogen) atoms. The predicted octanol–water partition coefficient (Wildman–Crippen LogP) is 6.39. The Kier molecular flexibility index (Phi) is 7.07. The maximum atomic E-state index is 5.26. The van der Waals surface area contributed by atoms with Gasteiger partial charge in [0.1, 0.15) is 11.5 Å². The van der Waals surface area contributed by atoms with Crippen LogP contribution in [0.3, 0.4) is 0 Å². The normalized spacial score (nSPS) is 11.8. The lowest BCUT2D eigenvalue weighted by Gasteiger charge is -2.13. The van der Waals surface area contributed by atoms with Gasteiger partial charge in [0.25, 0.3) is 0 Å². The van der Waals surface area contributed by atoms with Crippen molar-refractivity contribution in [3.8, 4) is 35.2 Å². The summed E-state index contributed by atoms with van der Waals surface area (Å²) in [5.41, 5.74) is 9.40. The van der Waals surface area contributed by atoms with E-state index in [0.717, 1.165) is 59.4 Å². The molecule has 0 spiro atoms. The molecular weight excluding hydrogens is 440 g/mol. The molecule has 0 unspecified atom stereocenters. The maximum Gasteiger partial charge on any atom is 0.118 e. The van der Waals surface area contributed by atoms with Gasteiger partial charge in [-0.15, -0.1) is 0 Å². The number of aryl methyl sites for hydroxylation is 4. The summed E-state index contributed by atoms with van der Waals surface area (Å²) in [7, 11) is 3.36. The average molecular weight is 469 g/mol. The van der Waals surface area contributed by atoms with Gasteiger partial charge in [-0.2, -0.15) is 0 Å². The topological polar surface area (TPSA) is 18.5 Å². The monoisotopic (exact) mass is 468 g/mol. The summed E-state index contributed by atoms with van der Waals surface area (Å²) in [6.45, 7) is 0. The lowest BCUT2D eigenvalue weighted by Crippen LogP contribution is -2.02. The maximum absolute atomic E-state index is 5.26. The van der Waals surface area contributed by atoms with Crippen molar-refractivity contribution in [2.75, 3.05) is 14.2 Å². The molecule has 4 aliphatic carbocycles. The minimum Gasteiger partial charge on any atom is -0.497 e. The molecule has 0 fully saturated rings. The summed E-state index contributed by atoms with van der Waals surface area (Å²) in [4.78, 5) is 0. The number of hydrogen-bond donors (Lipinski definition) is 0. The molecule has 4 bridgehead atoms. The van der Waals surface area contributed by atoms with Crippen molar-refractivity contribution in [1.29, 1.82) is 0 Å². The third-order valence-corrected chi connectivity index (χ3v) is 6.58. The first-order valence-electron chi connectivity index (χ1n) is 12.3. The van der Waals surface area contributed by atoms with Gasteiger partial charge in [0.2, 0.25) is 0 Å². The zero-order chi connectivity index (χ0) is 24.7. The highest BCUT2D eigenvalue weighted by Gasteiger charge is 2.09. The molecule has 0 saturated carbocycles. The molecular formula is C34H28O2. The van der Waals surface area contributed by atoms with Gasteiger partial charge >= 0.3 is 0 Å². The number of ether oxygens (including phenoxy) is 2. The van der Waals surface area contributed by atoms with Gasteiger partial charge < -0.3 is 9.47 Å². The molecule has 4 aromatic rings. The van der Waals surface area contributed by atoms with Gasteiger partial charge in [0.15, 0.2) is 0 Å². The van der Waals surface area contributed by atoms with Crippen LogP contribution in [0.4, 0.5) is 0 Å². The highest BCUT2D eigenvalue weighted by Crippen LogP contribution is 2.22. The zero-order valence-corrected chi connectivity index (χ0v) is 20.7. The van der Waals surface area contributed by atoms with E-state index in [9.17, 15) is 0 Å². The van der Waals surface area contributed by atoms with E-state index in [0.29, 0.717) is 0 Å². The number of benzene rings is 4. The first kappa shape index (κ1) is 23.3. The molecule has 2 heteroatoms. The van der Waals surface area contributed by atoms with Crippen LogP contribution >= 0.6 is 0 Å². The van der Waals surface area contributed by atoms with Crippen LogP contribution in [0.15, 0.2) is 84.9 Å². The lowest BCUT2D eigenvalue weighted by atomic mass is 9.91. The first-order chi connectivity index (χ1) is 17.7. The molecule has 0 heterocycles. The minimum absolute atomic E-state index is 0.844. The van der Waals surface area contributed by atoms with Crippen LogP contribution in [0.25, 0.3) is 0 Å². The highest BCUT2D eigenvalue weighted by molar-refractivity contribution is 5.52. The smallest absolute Gasteiger partial charge is 0.118 e. The molecule has 4 aromatic carbocycles. The van der Waals surface area contributed by atoms with Crippen LogP contribution in [-0.2, 0) is 25.7 Å². The van der Waals surface area contributed by atoms with E-state index < -0.39 is 0 Å². The molecule has 0 amide bonds. The summed E-state index contributed by atoms with van der Waals surface area (Å²) >= 11 is 0. The third kappa shape index (κ3) is 5.63. The molecule has 0 atom stereocenters. The van der Waals surface area contributed by atoms with Crippen molar-refractivity contribution in [2.45, 2.75) is 25.7 Å². The summed E-state index contributed by atoms with van der Waals surface area (Å²) in [6.07, 6.45) is 3.79. The minimum atomic E-state index is 0.844. The second-order valence-electron chi connectivity index (χ2n) is 8.94. The molecule has 8 rings (SSSR count). The van der Waals surface area contributed by atoms with Crippen LogP contribution in [0.1, 0.15) is 44.5 Å². The van der Waals surface area contributed by atoms with Gasteiger partial charge in [-0.25, -0.2) is 0 Å². The fourth-order valence-corrected chi connectivity index (χ4v) is 4.41. The van der Waals surface area contributed by atoms with Crippen molar-refractivity contribution in [2.24, 2.45) is 0 Å². The summed E-state index contributed by atoms with van der Waals surface area (Å²) in [5, 5.41) is 0. The highest BCUT2D eigenvalue weighted by atomic mass is 16.5. The van der Waals surface area contributed by atoms with Crippen LogP contribution in [0.2, 0.25) is 0 Å². The summed E-state index contributed by atoms with van der Waals surface area (Å²) < 4.78 is 10.5. The van der Waals surface area contributed by atoms with E-state index in [1.165, 1.54) is 22.3 Å². The Bertz CT molecular complexity index is 1370. The van der Waals surface area contributed by atoms with E-state index in [1.54, 1.807) is 14.2 Å². The van der Waals surface area contributed by atoms with E-state index >= 15 is 0 Å². The van der Waals surface area contributed by atoms with Gasteiger partial charge in [-0.1, -0.05) is 47.9 Å². The van der Waals surface area contributed by atoms with Crippen molar-refractivity contribution < 1.29 is 9.47 Å². The quantitative estimate of drug-likeness (QED) is 0.318. The van der Waals surface area contributed by atoms with E-state index in [-0.39, 0.29) is 0 Å². The second-order valence-corrected chi connectivity index (χ2v) is 8.94. The Labute approximate surface area is 213 Å². The van der Waals surface area contributed by atoms with Gasteiger partial charge in [0, 0.05) is 22.3 Å². The van der Waals surface area contributed by atoms with Crippen molar-refractivity contribution >= 4 is 0 Å². The Morgan fingerprint density at radius 3 is 1.28 bits per heavy atom. The molecule has 2 nitrogen and oxygen atoms in total. The van der Waals surface area contributed by atoms with Crippen molar-refractivity contribution in [3.63, 3.8) is 0 Å². The molecule has 4 aliphatic rings. The third-order valence-electron chi connectivity index (χ3n) is 6.58. The predicted molar refractivity (Wildman–Crippen MR) is 146 cm³/mol. The Morgan fingerprint density at radius 1 is 0.472 bits per heavy atom. The largest absolute Gasteiger partial charge is 0.497 e. The Morgan fingerprint density at radius 2 is 0.889 bits per heavy atom. The van der Waals surface area contributed by atoms with Crippen molar-refractivity contribution in [1.82, 2.24) is 0 Å². The lowest BCUT2D eigenvalue weighted by molar-refractivity contribution is 0.414. The molecule has 176 valence electrons. The standard InChI is InChI=1S/C34H28O2/c1-35-33-19-9-25(10-20-33)3-17-31-23-27-5-13-29(31)15-7-28-6-14-30(16-8-27)32(24-28)18-4-26-11-21-34(36-2)22-12-26/h5-6,9-14,19-24H,7-8,15-16H2,1-2H3. The van der Waals surface area contributed by atoms with Crippen LogP contribution < -0.4 is 9.47 Å². The first-order valence-corrected chi connectivity index (χ1v) is 12.3. The fraction of sp³-hybridized carbons (Fsp3) is 0.176. The van der Waals surface area contributed by atoms with E-state index in [2.05, 4.69) is 60.1 Å². The molecule has 0 radical (unpaired) electrons. The Hall–Kier alpha value is -4.40.